The van der Waals surface area contributed by atoms with Gasteiger partial charge >= 0.3 is 0 Å². The van der Waals surface area contributed by atoms with Crippen LogP contribution in [0.4, 0.5) is 0 Å². The number of hydrogen-bond donors (Lipinski definition) is 2. The summed E-state index contributed by atoms with van der Waals surface area (Å²) in [5.74, 6) is -0.366. The molecule has 0 aromatic carbocycles. The van der Waals surface area contributed by atoms with E-state index in [1.165, 1.54) is 0 Å². The van der Waals surface area contributed by atoms with E-state index in [9.17, 15) is 4.79 Å². The second-order valence-corrected chi connectivity index (χ2v) is 2.85. The van der Waals surface area contributed by atoms with Gasteiger partial charge in [0.25, 0.3) is 0 Å². The lowest BCUT2D eigenvalue weighted by atomic mass is 10.0. The van der Waals surface area contributed by atoms with Crippen molar-refractivity contribution in [3.05, 3.63) is 18.0 Å². The molecule has 0 aliphatic heterocycles. The molecule has 0 aliphatic rings. The maximum absolute atomic E-state index is 11.3. The van der Waals surface area contributed by atoms with E-state index in [1.54, 1.807) is 31.2 Å². The standard InChI is InChI=1S/C8H14N4O/c1-10-8(13)7(3-9)6-4-11-12(2)5-6/h4-5,7H,3,9H2,1-2H3,(H,10,13)/t7-/m0/s1. The van der Waals surface area contributed by atoms with Crippen molar-refractivity contribution in [3.63, 3.8) is 0 Å². The van der Waals surface area contributed by atoms with Crippen LogP contribution in [-0.2, 0) is 11.8 Å². The first-order valence-electron chi connectivity index (χ1n) is 4.09. The van der Waals surface area contributed by atoms with Crippen LogP contribution in [-0.4, -0.2) is 29.3 Å². The van der Waals surface area contributed by atoms with Gasteiger partial charge in [0.2, 0.25) is 5.91 Å². The Morgan fingerprint density at radius 1 is 1.85 bits per heavy atom. The highest BCUT2D eigenvalue weighted by Crippen LogP contribution is 2.12. The summed E-state index contributed by atoms with van der Waals surface area (Å²) >= 11 is 0. The van der Waals surface area contributed by atoms with Gasteiger partial charge in [-0.15, -0.1) is 0 Å². The smallest absolute Gasteiger partial charge is 0.228 e. The van der Waals surface area contributed by atoms with Gasteiger partial charge in [0.05, 0.1) is 12.1 Å². The summed E-state index contributed by atoms with van der Waals surface area (Å²) in [6.07, 6.45) is 3.46. The summed E-state index contributed by atoms with van der Waals surface area (Å²) < 4.78 is 1.65. The van der Waals surface area contributed by atoms with E-state index in [1.807, 2.05) is 0 Å². The van der Waals surface area contributed by atoms with Crippen molar-refractivity contribution in [1.29, 1.82) is 0 Å². The molecule has 13 heavy (non-hydrogen) atoms. The third-order valence-electron chi connectivity index (χ3n) is 1.93. The Balaban J connectivity index is 2.84. The zero-order valence-electron chi connectivity index (χ0n) is 7.82. The minimum Gasteiger partial charge on any atom is -0.359 e. The Bertz CT molecular complexity index is 294. The fourth-order valence-electron chi connectivity index (χ4n) is 1.19. The van der Waals surface area contributed by atoms with Crippen LogP contribution in [0.1, 0.15) is 11.5 Å². The van der Waals surface area contributed by atoms with E-state index in [0.717, 1.165) is 5.56 Å². The molecule has 3 N–H and O–H groups in total. The number of likely N-dealkylation sites (N-methyl/N-ethyl adjacent to an activating group) is 1. The molecular formula is C8H14N4O. The number of carbonyl (C=O) groups excluding carboxylic acids is 1. The largest absolute Gasteiger partial charge is 0.359 e. The van der Waals surface area contributed by atoms with Crippen molar-refractivity contribution in [1.82, 2.24) is 15.1 Å². The van der Waals surface area contributed by atoms with Crippen LogP contribution in [0, 0.1) is 0 Å². The molecule has 1 heterocycles. The lowest BCUT2D eigenvalue weighted by Crippen LogP contribution is -2.30. The van der Waals surface area contributed by atoms with Crippen LogP contribution < -0.4 is 11.1 Å². The van der Waals surface area contributed by atoms with Crippen LogP contribution in [0.5, 0.6) is 0 Å². The van der Waals surface area contributed by atoms with Crippen LogP contribution >= 0.6 is 0 Å². The van der Waals surface area contributed by atoms with Gasteiger partial charge in [0.1, 0.15) is 0 Å². The lowest BCUT2D eigenvalue weighted by molar-refractivity contribution is -0.121. The van der Waals surface area contributed by atoms with Gasteiger partial charge in [-0.05, 0) is 0 Å². The molecule has 0 aliphatic carbocycles. The SMILES string of the molecule is CNC(=O)[C@@H](CN)c1cnn(C)c1. The predicted molar refractivity (Wildman–Crippen MR) is 49.1 cm³/mol. The predicted octanol–water partition coefficient (Wildman–Crippen LogP) is -0.792. The Hall–Kier alpha value is -1.36. The molecule has 5 nitrogen and oxygen atoms in total. The summed E-state index contributed by atoms with van der Waals surface area (Å²) in [7, 11) is 3.41. The minimum atomic E-state index is -0.293. The molecule has 1 atom stereocenters. The first kappa shape index (κ1) is 9.73. The number of nitrogens with two attached hydrogens (primary N) is 1. The fraction of sp³-hybridized carbons (Fsp3) is 0.500. The molecule has 0 radical (unpaired) electrons. The summed E-state index contributed by atoms with van der Waals surface area (Å²) in [4.78, 5) is 11.3. The first-order chi connectivity index (χ1) is 6.19. The van der Waals surface area contributed by atoms with Crippen molar-refractivity contribution in [3.8, 4) is 0 Å². The van der Waals surface area contributed by atoms with Gasteiger partial charge in [-0.25, -0.2) is 0 Å². The first-order valence-corrected chi connectivity index (χ1v) is 4.09. The van der Waals surface area contributed by atoms with Crippen molar-refractivity contribution in [2.24, 2.45) is 12.8 Å². The zero-order valence-corrected chi connectivity index (χ0v) is 7.82. The maximum Gasteiger partial charge on any atom is 0.228 e. The molecule has 5 heteroatoms. The Labute approximate surface area is 76.9 Å². The Kier molecular flexibility index (Phi) is 3.02. The molecule has 0 saturated carbocycles. The van der Waals surface area contributed by atoms with E-state index in [0.29, 0.717) is 6.54 Å². The Morgan fingerprint density at radius 2 is 2.54 bits per heavy atom. The lowest BCUT2D eigenvalue weighted by Gasteiger charge is -2.09. The number of rotatable bonds is 3. The fourth-order valence-corrected chi connectivity index (χ4v) is 1.19. The monoisotopic (exact) mass is 182 g/mol. The summed E-state index contributed by atoms with van der Waals surface area (Å²) in [6.45, 7) is 0.297. The van der Waals surface area contributed by atoms with Gasteiger partial charge in [0.15, 0.2) is 0 Å². The van der Waals surface area contributed by atoms with Crippen LogP contribution in [0.25, 0.3) is 0 Å². The summed E-state index contributed by atoms with van der Waals surface area (Å²) in [5, 5.41) is 6.55. The summed E-state index contributed by atoms with van der Waals surface area (Å²) in [6, 6.07) is 0. The van der Waals surface area contributed by atoms with E-state index in [2.05, 4.69) is 10.4 Å². The van der Waals surface area contributed by atoms with Crippen molar-refractivity contribution < 1.29 is 4.79 Å². The van der Waals surface area contributed by atoms with Crippen molar-refractivity contribution in [2.75, 3.05) is 13.6 Å². The van der Waals surface area contributed by atoms with Gasteiger partial charge in [-0.2, -0.15) is 5.10 Å². The number of aromatic nitrogens is 2. The number of nitrogens with one attached hydrogen (secondary N) is 1. The molecule has 0 bridgehead atoms. The molecule has 0 unspecified atom stereocenters. The van der Waals surface area contributed by atoms with Crippen molar-refractivity contribution >= 4 is 5.91 Å². The number of carbonyl (C=O) groups is 1. The zero-order chi connectivity index (χ0) is 9.84. The molecule has 1 amide bonds. The van der Waals surface area contributed by atoms with Crippen molar-refractivity contribution in [2.45, 2.75) is 5.92 Å². The molecule has 0 fully saturated rings. The highest BCUT2D eigenvalue weighted by atomic mass is 16.1. The highest BCUT2D eigenvalue weighted by molar-refractivity contribution is 5.83. The molecule has 72 valence electrons. The molecule has 1 rings (SSSR count). The van der Waals surface area contributed by atoms with Gasteiger partial charge in [0, 0.05) is 32.4 Å². The van der Waals surface area contributed by atoms with Crippen LogP contribution in [0.15, 0.2) is 12.4 Å². The molecule has 0 spiro atoms. The average Bonchev–Trinajstić information content (AvgIpc) is 2.53. The molecular weight excluding hydrogens is 168 g/mol. The normalized spacial score (nSPS) is 12.5. The van der Waals surface area contributed by atoms with Gasteiger partial charge in [-0.1, -0.05) is 0 Å². The quantitative estimate of drug-likeness (QED) is 0.643. The number of aryl methyl sites for hydroxylation is 1. The molecule has 0 saturated heterocycles. The molecule has 1 aromatic heterocycles. The summed E-state index contributed by atoms with van der Waals surface area (Å²) in [5.41, 5.74) is 6.34. The van der Waals surface area contributed by atoms with E-state index >= 15 is 0 Å². The highest BCUT2D eigenvalue weighted by Gasteiger charge is 2.18. The Morgan fingerprint density at radius 3 is 2.92 bits per heavy atom. The number of amides is 1. The third kappa shape index (κ3) is 2.06. The van der Waals surface area contributed by atoms with Crippen LogP contribution in [0.3, 0.4) is 0 Å². The number of nitrogens with zero attached hydrogens (tertiary/aromatic N) is 2. The minimum absolute atomic E-state index is 0.0736. The third-order valence-corrected chi connectivity index (χ3v) is 1.93. The topological polar surface area (TPSA) is 72.9 Å². The maximum atomic E-state index is 11.3. The number of hydrogen-bond acceptors (Lipinski definition) is 3. The van der Waals surface area contributed by atoms with E-state index < -0.39 is 0 Å². The van der Waals surface area contributed by atoms with Crippen LogP contribution in [0.2, 0.25) is 0 Å². The van der Waals surface area contributed by atoms with Gasteiger partial charge < -0.3 is 11.1 Å². The second kappa shape index (κ2) is 4.04. The second-order valence-electron chi connectivity index (χ2n) is 2.85. The van der Waals surface area contributed by atoms with E-state index in [4.69, 9.17) is 5.73 Å². The van der Waals surface area contributed by atoms with Gasteiger partial charge in [-0.3, -0.25) is 9.48 Å². The van der Waals surface area contributed by atoms with E-state index in [-0.39, 0.29) is 11.8 Å². The average molecular weight is 182 g/mol. The molecule has 1 aromatic rings.